The van der Waals surface area contributed by atoms with Crippen molar-refractivity contribution >= 4 is 11.8 Å². The summed E-state index contributed by atoms with van der Waals surface area (Å²) in [6.07, 6.45) is 1.51. The van der Waals surface area contributed by atoms with Crippen LogP contribution in [0.1, 0.15) is 19.6 Å². The minimum absolute atomic E-state index is 0.0492. The molecule has 0 aliphatic carbocycles. The molecule has 0 spiro atoms. The Morgan fingerprint density at radius 3 is 2.67 bits per heavy atom. The molecule has 82 valence electrons. The fourth-order valence-corrected chi connectivity index (χ4v) is 0.989. The van der Waals surface area contributed by atoms with Crippen LogP contribution in [-0.2, 0) is 16.1 Å². The third kappa shape index (κ3) is 3.84. The maximum atomic E-state index is 11.2. The monoisotopic (exact) mass is 210 g/mol. The van der Waals surface area contributed by atoms with Crippen molar-refractivity contribution in [2.45, 2.75) is 26.4 Å². The quantitative estimate of drug-likeness (QED) is 0.710. The average molecular weight is 210 g/mol. The standard InChI is InChI=1S/C10H14N2O3/c1-7(2)12-10(14)9(13)11-6-8-4-3-5-15-8/h3-5,7H,6H2,1-2H3,(H,11,13)(H,12,14). The number of amides is 2. The molecule has 0 aromatic carbocycles. The Bertz CT molecular complexity index is 330. The van der Waals surface area contributed by atoms with Gasteiger partial charge in [-0.1, -0.05) is 0 Å². The summed E-state index contributed by atoms with van der Waals surface area (Å²) >= 11 is 0. The molecule has 0 saturated carbocycles. The van der Waals surface area contributed by atoms with Gasteiger partial charge in [-0.3, -0.25) is 9.59 Å². The summed E-state index contributed by atoms with van der Waals surface area (Å²) in [5, 5.41) is 4.94. The van der Waals surface area contributed by atoms with E-state index in [-0.39, 0.29) is 12.6 Å². The third-order valence-corrected chi connectivity index (χ3v) is 1.63. The van der Waals surface area contributed by atoms with Crippen molar-refractivity contribution in [3.8, 4) is 0 Å². The maximum Gasteiger partial charge on any atom is 0.309 e. The maximum absolute atomic E-state index is 11.2. The van der Waals surface area contributed by atoms with Crippen molar-refractivity contribution in [1.82, 2.24) is 10.6 Å². The van der Waals surface area contributed by atoms with Crippen molar-refractivity contribution in [2.75, 3.05) is 0 Å². The highest BCUT2D eigenvalue weighted by molar-refractivity contribution is 6.35. The van der Waals surface area contributed by atoms with Gasteiger partial charge in [-0.2, -0.15) is 0 Å². The van der Waals surface area contributed by atoms with Crippen molar-refractivity contribution in [2.24, 2.45) is 0 Å². The number of hydrogen-bond acceptors (Lipinski definition) is 3. The molecule has 2 amide bonds. The topological polar surface area (TPSA) is 71.3 Å². The Morgan fingerprint density at radius 1 is 1.40 bits per heavy atom. The van der Waals surface area contributed by atoms with Gasteiger partial charge in [-0.25, -0.2) is 0 Å². The van der Waals surface area contributed by atoms with Gasteiger partial charge < -0.3 is 15.1 Å². The van der Waals surface area contributed by atoms with Gasteiger partial charge in [0, 0.05) is 6.04 Å². The Morgan fingerprint density at radius 2 is 2.13 bits per heavy atom. The summed E-state index contributed by atoms with van der Waals surface area (Å²) in [6, 6.07) is 3.39. The number of furan rings is 1. The molecule has 5 heteroatoms. The minimum Gasteiger partial charge on any atom is -0.467 e. The summed E-state index contributed by atoms with van der Waals surface area (Å²) in [6.45, 7) is 3.80. The van der Waals surface area contributed by atoms with Crippen molar-refractivity contribution in [1.29, 1.82) is 0 Å². The molecule has 5 nitrogen and oxygen atoms in total. The van der Waals surface area contributed by atoms with E-state index < -0.39 is 11.8 Å². The lowest BCUT2D eigenvalue weighted by atomic mass is 10.3. The first kappa shape index (κ1) is 11.3. The Labute approximate surface area is 87.8 Å². The molecule has 0 atom stereocenters. The predicted octanol–water partition coefficient (Wildman–Crippen LogP) is 0.420. The van der Waals surface area contributed by atoms with E-state index in [1.807, 2.05) is 0 Å². The molecular weight excluding hydrogens is 196 g/mol. The third-order valence-electron chi connectivity index (χ3n) is 1.63. The second-order valence-electron chi connectivity index (χ2n) is 3.39. The summed E-state index contributed by atoms with van der Waals surface area (Å²) in [7, 11) is 0. The van der Waals surface area contributed by atoms with Gasteiger partial charge in [0.25, 0.3) is 0 Å². The molecular formula is C10H14N2O3. The van der Waals surface area contributed by atoms with E-state index in [0.717, 1.165) is 0 Å². The van der Waals surface area contributed by atoms with Crippen LogP contribution >= 0.6 is 0 Å². The van der Waals surface area contributed by atoms with Gasteiger partial charge in [0.2, 0.25) is 0 Å². The van der Waals surface area contributed by atoms with E-state index in [9.17, 15) is 9.59 Å². The summed E-state index contributed by atoms with van der Waals surface area (Å²) in [5.41, 5.74) is 0. The molecule has 2 N–H and O–H groups in total. The number of hydrogen-bond donors (Lipinski definition) is 2. The Kier molecular flexibility index (Phi) is 3.91. The lowest BCUT2D eigenvalue weighted by molar-refractivity contribution is -0.139. The van der Waals surface area contributed by atoms with E-state index in [1.165, 1.54) is 6.26 Å². The molecule has 0 fully saturated rings. The Balaban J connectivity index is 2.33. The first-order valence-corrected chi connectivity index (χ1v) is 4.70. The first-order chi connectivity index (χ1) is 7.09. The van der Waals surface area contributed by atoms with Crippen molar-refractivity contribution < 1.29 is 14.0 Å². The normalized spacial score (nSPS) is 10.1. The smallest absolute Gasteiger partial charge is 0.309 e. The largest absolute Gasteiger partial charge is 0.467 e. The molecule has 1 aromatic rings. The van der Waals surface area contributed by atoms with E-state index in [1.54, 1.807) is 26.0 Å². The van der Waals surface area contributed by atoms with Crippen LogP contribution in [0.5, 0.6) is 0 Å². The van der Waals surface area contributed by atoms with Gasteiger partial charge in [-0.05, 0) is 26.0 Å². The van der Waals surface area contributed by atoms with Crippen LogP contribution < -0.4 is 10.6 Å². The number of nitrogens with one attached hydrogen (secondary N) is 2. The summed E-state index contributed by atoms with van der Waals surface area (Å²) in [4.78, 5) is 22.4. The Hall–Kier alpha value is -1.78. The van der Waals surface area contributed by atoms with Crippen LogP contribution in [0.15, 0.2) is 22.8 Å². The molecule has 0 unspecified atom stereocenters. The fourth-order valence-electron chi connectivity index (χ4n) is 0.989. The van der Waals surface area contributed by atoms with Crippen molar-refractivity contribution in [3.63, 3.8) is 0 Å². The van der Waals surface area contributed by atoms with Gasteiger partial charge >= 0.3 is 11.8 Å². The van der Waals surface area contributed by atoms with Crippen LogP contribution in [0, 0.1) is 0 Å². The molecule has 0 saturated heterocycles. The molecule has 15 heavy (non-hydrogen) atoms. The zero-order valence-electron chi connectivity index (χ0n) is 8.74. The van der Waals surface area contributed by atoms with Gasteiger partial charge in [0.15, 0.2) is 0 Å². The molecule has 1 heterocycles. The molecule has 0 aliphatic rings. The summed E-state index contributed by atoms with van der Waals surface area (Å²) in [5.74, 6) is -0.669. The number of carbonyl (C=O) groups is 2. The van der Waals surface area contributed by atoms with Crippen LogP contribution in [0.3, 0.4) is 0 Å². The molecule has 1 aromatic heterocycles. The number of carbonyl (C=O) groups excluding carboxylic acids is 2. The van der Waals surface area contributed by atoms with Crippen LogP contribution in [0.2, 0.25) is 0 Å². The zero-order valence-corrected chi connectivity index (χ0v) is 8.74. The second kappa shape index (κ2) is 5.19. The van der Waals surface area contributed by atoms with Crippen LogP contribution in [0.25, 0.3) is 0 Å². The van der Waals surface area contributed by atoms with Crippen LogP contribution in [0.4, 0.5) is 0 Å². The number of rotatable bonds is 3. The highest BCUT2D eigenvalue weighted by Gasteiger charge is 2.13. The van der Waals surface area contributed by atoms with E-state index >= 15 is 0 Å². The fraction of sp³-hybridized carbons (Fsp3) is 0.400. The van der Waals surface area contributed by atoms with E-state index in [0.29, 0.717) is 5.76 Å². The molecule has 1 rings (SSSR count). The van der Waals surface area contributed by atoms with Gasteiger partial charge in [0.1, 0.15) is 5.76 Å². The van der Waals surface area contributed by atoms with E-state index in [2.05, 4.69) is 10.6 Å². The first-order valence-electron chi connectivity index (χ1n) is 4.70. The molecule has 0 aliphatic heterocycles. The lowest BCUT2D eigenvalue weighted by Gasteiger charge is -2.07. The second-order valence-corrected chi connectivity index (χ2v) is 3.39. The average Bonchev–Trinajstić information content (AvgIpc) is 2.65. The molecule has 0 bridgehead atoms. The van der Waals surface area contributed by atoms with Gasteiger partial charge in [0.05, 0.1) is 12.8 Å². The highest BCUT2D eigenvalue weighted by Crippen LogP contribution is 1.98. The van der Waals surface area contributed by atoms with Crippen LogP contribution in [-0.4, -0.2) is 17.9 Å². The highest BCUT2D eigenvalue weighted by atomic mass is 16.3. The zero-order chi connectivity index (χ0) is 11.3. The van der Waals surface area contributed by atoms with E-state index in [4.69, 9.17) is 4.42 Å². The lowest BCUT2D eigenvalue weighted by Crippen LogP contribution is -2.42. The molecule has 0 radical (unpaired) electrons. The van der Waals surface area contributed by atoms with Gasteiger partial charge in [-0.15, -0.1) is 0 Å². The minimum atomic E-state index is -0.653. The predicted molar refractivity (Wildman–Crippen MR) is 53.8 cm³/mol. The van der Waals surface area contributed by atoms with Crippen molar-refractivity contribution in [3.05, 3.63) is 24.2 Å². The SMILES string of the molecule is CC(C)NC(=O)C(=O)NCc1ccco1. The summed E-state index contributed by atoms with van der Waals surface area (Å²) < 4.78 is 5.00.